The highest BCUT2D eigenvalue weighted by atomic mass is 15.2. The van der Waals surface area contributed by atoms with Crippen molar-refractivity contribution < 1.29 is 0 Å². The van der Waals surface area contributed by atoms with Crippen LogP contribution in [0.5, 0.6) is 0 Å². The number of aryl methyl sites for hydroxylation is 1. The van der Waals surface area contributed by atoms with Crippen molar-refractivity contribution in [2.45, 2.75) is 26.3 Å². The minimum atomic E-state index is 0.415. The second kappa shape index (κ2) is 6.53. The van der Waals surface area contributed by atoms with E-state index in [0.717, 1.165) is 13.0 Å². The highest BCUT2D eigenvalue weighted by Gasteiger charge is 2.14. The summed E-state index contributed by atoms with van der Waals surface area (Å²) >= 11 is 0. The predicted octanol–water partition coefficient (Wildman–Crippen LogP) is 2.95. The summed E-state index contributed by atoms with van der Waals surface area (Å²) < 4.78 is 1.85. The molecule has 3 heteroatoms. The van der Waals surface area contributed by atoms with Crippen molar-refractivity contribution in [2.24, 2.45) is 13.0 Å². The monoisotopic (exact) mass is 257 g/mol. The van der Waals surface area contributed by atoms with Gasteiger partial charge in [-0.2, -0.15) is 5.10 Å². The molecular weight excluding hydrogens is 234 g/mol. The molecule has 0 radical (unpaired) electrons. The number of benzene rings is 1. The zero-order valence-corrected chi connectivity index (χ0v) is 12.0. The van der Waals surface area contributed by atoms with E-state index in [4.69, 9.17) is 0 Å². The maximum atomic E-state index is 4.20. The summed E-state index contributed by atoms with van der Waals surface area (Å²) in [7, 11) is 1.96. The fourth-order valence-corrected chi connectivity index (χ4v) is 2.37. The van der Waals surface area contributed by atoms with Crippen molar-refractivity contribution in [3.8, 4) is 0 Å². The Hall–Kier alpha value is -1.61. The van der Waals surface area contributed by atoms with Gasteiger partial charge in [0.15, 0.2) is 0 Å². The van der Waals surface area contributed by atoms with Crippen LogP contribution in [0.4, 0.5) is 0 Å². The summed E-state index contributed by atoms with van der Waals surface area (Å²) in [4.78, 5) is 0. The highest BCUT2D eigenvalue weighted by molar-refractivity contribution is 5.19. The number of hydrogen-bond acceptors (Lipinski definition) is 2. The molecule has 1 atom stereocenters. The first-order chi connectivity index (χ1) is 9.16. The van der Waals surface area contributed by atoms with Crippen LogP contribution in [0.1, 0.15) is 31.0 Å². The molecule has 2 aromatic rings. The lowest BCUT2D eigenvalue weighted by molar-refractivity contribution is 0.414. The van der Waals surface area contributed by atoms with E-state index in [1.165, 1.54) is 11.1 Å². The average Bonchev–Trinajstić information content (AvgIpc) is 2.81. The van der Waals surface area contributed by atoms with E-state index in [1.54, 1.807) is 0 Å². The van der Waals surface area contributed by atoms with Gasteiger partial charge in [0.2, 0.25) is 0 Å². The largest absolute Gasteiger partial charge is 0.309 e. The molecule has 0 bridgehead atoms. The summed E-state index contributed by atoms with van der Waals surface area (Å²) in [6.07, 6.45) is 5.03. The third-order valence-electron chi connectivity index (χ3n) is 3.36. The summed E-state index contributed by atoms with van der Waals surface area (Å²) in [6, 6.07) is 11.1. The van der Waals surface area contributed by atoms with E-state index in [0.29, 0.717) is 12.0 Å². The van der Waals surface area contributed by atoms with Crippen molar-refractivity contribution in [3.63, 3.8) is 0 Å². The van der Waals surface area contributed by atoms with Gasteiger partial charge in [-0.15, -0.1) is 0 Å². The lowest BCUT2D eigenvalue weighted by Crippen LogP contribution is -2.27. The van der Waals surface area contributed by atoms with Crippen molar-refractivity contribution in [1.29, 1.82) is 0 Å². The quantitative estimate of drug-likeness (QED) is 0.862. The number of aromatic nitrogens is 2. The van der Waals surface area contributed by atoms with E-state index in [1.807, 2.05) is 17.9 Å². The molecule has 0 aliphatic rings. The topological polar surface area (TPSA) is 29.9 Å². The number of nitrogens with one attached hydrogen (secondary N) is 1. The zero-order chi connectivity index (χ0) is 13.7. The number of rotatable bonds is 6. The fraction of sp³-hybridized carbons (Fsp3) is 0.438. The van der Waals surface area contributed by atoms with E-state index in [2.05, 4.69) is 60.8 Å². The van der Waals surface area contributed by atoms with Gasteiger partial charge in [0.1, 0.15) is 0 Å². The molecule has 0 spiro atoms. The van der Waals surface area contributed by atoms with Gasteiger partial charge in [-0.05, 0) is 30.0 Å². The maximum absolute atomic E-state index is 4.20. The Kier molecular flexibility index (Phi) is 4.74. The highest BCUT2D eigenvalue weighted by Crippen LogP contribution is 2.21. The molecule has 1 aromatic carbocycles. The number of nitrogens with zero attached hydrogens (tertiary/aromatic N) is 2. The maximum Gasteiger partial charge on any atom is 0.0522 e. The molecular formula is C16H23N3. The third kappa shape index (κ3) is 3.93. The van der Waals surface area contributed by atoms with Gasteiger partial charge < -0.3 is 5.32 Å². The molecule has 1 N–H and O–H groups in total. The molecule has 2 rings (SSSR count). The van der Waals surface area contributed by atoms with Gasteiger partial charge in [-0.3, -0.25) is 4.68 Å². The third-order valence-corrected chi connectivity index (χ3v) is 3.36. The van der Waals surface area contributed by atoms with E-state index in [-0.39, 0.29) is 0 Å². The standard InChI is InChI=1S/C16H23N3/c1-13(2)16(15-7-5-4-6-8-15)17-10-9-14-11-18-19(3)12-14/h4-8,11-13,16-17H,9-10H2,1-3H3. The Labute approximate surface area is 115 Å². The smallest absolute Gasteiger partial charge is 0.0522 e. The second-order valence-electron chi connectivity index (χ2n) is 5.36. The first-order valence-electron chi connectivity index (χ1n) is 6.92. The molecule has 0 aliphatic carbocycles. The van der Waals surface area contributed by atoms with Crippen molar-refractivity contribution in [2.75, 3.05) is 6.54 Å². The lowest BCUT2D eigenvalue weighted by Gasteiger charge is -2.23. The van der Waals surface area contributed by atoms with E-state index >= 15 is 0 Å². The van der Waals surface area contributed by atoms with Crippen molar-refractivity contribution >= 4 is 0 Å². The van der Waals surface area contributed by atoms with Crippen molar-refractivity contribution in [3.05, 3.63) is 53.9 Å². The van der Waals surface area contributed by atoms with Crippen LogP contribution < -0.4 is 5.32 Å². The first-order valence-corrected chi connectivity index (χ1v) is 6.92. The minimum Gasteiger partial charge on any atom is -0.309 e. The Morgan fingerprint density at radius 3 is 2.53 bits per heavy atom. The van der Waals surface area contributed by atoms with Crippen LogP contribution in [-0.4, -0.2) is 16.3 Å². The minimum absolute atomic E-state index is 0.415. The van der Waals surface area contributed by atoms with Gasteiger partial charge in [-0.1, -0.05) is 44.2 Å². The Morgan fingerprint density at radius 1 is 1.21 bits per heavy atom. The molecule has 0 saturated heterocycles. The van der Waals surface area contributed by atoms with Gasteiger partial charge in [0.25, 0.3) is 0 Å². The molecule has 19 heavy (non-hydrogen) atoms. The fourth-order valence-electron chi connectivity index (χ4n) is 2.37. The van der Waals surface area contributed by atoms with E-state index < -0.39 is 0 Å². The average molecular weight is 257 g/mol. The van der Waals surface area contributed by atoms with Crippen LogP contribution in [0, 0.1) is 5.92 Å². The summed E-state index contributed by atoms with van der Waals surface area (Å²) in [5.41, 5.74) is 2.65. The Morgan fingerprint density at radius 2 is 1.95 bits per heavy atom. The second-order valence-corrected chi connectivity index (χ2v) is 5.36. The predicted molar refractivity (Wildman–Crippen MR) is 78.9 cm³/mol. The van der Waals surface area contributed by atoms with Crippen LogP contribution in [-0.2, 0) is 13.5 Å². The SMILES string of the molecule is CC(C)C(NCCc1cnn(C)c1)c1ccccc1. The Balaban J connectivity index is 1.91. The molecule has 3 nitrogen and oxygen atoms in total. The molecule has 0 aliphatic heterocycles. The molecule has 1 unspecified atom stereocenters. The Bertz CT molecular complexity index is 488. The molecule has 102 valence electrons. The summed E-state index contributed by atoms with van der Waals surface area (Å²) in [6.45, 7) is 5.49. The molecule has 0 saturated carbocycles. The van der Waals surface area contributed by atoms with Crippen LogP contribution in [0.3, 0.4) is 0 Å². The first kappa shape index (κ1) is 13.8. The summed E-state index contributed by atoms with van der Waals surface area (Å²) in [5, 5.41) is 7.85. The summed E-state index contributed by atoms with van der Waals surface area (Å²) in [5.74, 6) is 0.580. The van der Waals surface area contributed by atoms with Gasteiger partial charge in [-0.25, -0.2) is 0 Å². The van der Waals surface area contributed by atoms with Crippen LogP contribution in [0.2, 0.25) is 0 Å². The van der Waals surface area contributed by atoms with Gasteiger partial charge in [0, 0.05) is 19.3 Å². The van der Waals surface area contributed by atoms with Crippen LogP contribution in [0.25, 0.3) is 0 Å². The molecule has 0 amide bonds. The number of hydrogen-bond donors (Lipinski definition) is 1. The van der Waals surface area contributed by atoms with Crippen molar-refractivity contribution in [1.82, 2.24) is 15.1 Å². The van der Waals surface area contributed by atoms with E-state index in [9.17, 15) is 0 Å². The lowest BCUT2D eigenvalue weighted by atomic mass is 9.96. The van der Waals surface area contributed by atoms with Gasteiger partial charge in [0.05, 0.1) is 6.20 Å². The zero-order valence-electron chi connectivity index (χ0n) is 12.0. The van der Waals surface area contributed by atoms with Gasteiger partial charge >= 0.3 is 0 Å². The molecule has 1 heterocycles. The molecule has 1 aromatic heterocycles. The molecule has 0 fully saturated rings. The van der Waals surface area contributed by atoms with Crippen LogP contribution in [0.15, 0.2) is 42.7 Å². The van der Waals surface area contributed by atoms with Crippen LogP contribution >= 0.6 is 0 Å². The normalized spacial score (nSPS) is 12.8.